The van der Waals surface area contributed by atoms with Gasteiger partial charge in [-0.1, -0.05) is 38.1 Å². The highest BCUT2D eigenvalue weighted by molar-refractivity contribution is 5.77. The fraction of sp³-hybridized carbons (Fsp3) is 0.611. The molecule has 23 heavy (non-hydrogen) atoms. The van der Waals surface area contributed by atoms with Gasteiger partial charge in [0.25, 0.3) is 0 Å². The molecule has 5 heteroatoms. The summed E-state index contributed by atoms with van der Waals surface area (Å²) < 4.78 is 10.4. The van der Waals surface area contributed by atoms with Gasteiger partial charge in [0.15, 0.2) is 0 Å². The molecule has 0 bridgehead atoms. The highest BCUT2D eigenvalue weighted by atomic mass is 16.5. The lowest BCUT2D eigenvalue weighted by atomic mass is 10.1. The predicted molar refractivity (Wildman–Crippen MR) is 92.2 cm³/mol. The van der Waals surface area contributed by atoms with Gasteiger partial charge in [0, 0.05) is 19.7 Å². The number of hydrogen-bond donors (Lipinski definition) is 1. The number of benzene rings is 1. The van der Waals surface area contributed by atoms with E-state index < -0.39 is 0 Å². The normalized spacial score (nSPS) is 11.0. The Morgan fingerprint density at radius 3 is 2.48 bits per heavy atom. The average molecular weight is 322 g/mol. The van der Waals surface area contributed by atoms with Crippen LogP contribution in [0.5, 0.6) is 0 Å². The van der Waals surface area contributed by atoms with Crippen molar-refractivity contribution >= 4 is 5.91 Å². The first-order chi connectivity index (χ1) is 11.2. The van der Waals surface area contributed by atoms with Crippen LogP contribution in [0, 0.1) is 0 Å². The van der Waals surface area contributed by atoms with Gasteiger partial charge in [0.05, 0.1) is 13.2 Å². The Kier molecular flexibility index (Phi) is 10.3. The molecule has 0 aromatic heterocycles. The molecule has 0 aliphatic carbocycles. The van der Waals surface area contributed by atoms with E-state index in [1.54, 1.807) is 0 Å². The Balaban J connectivity index is 2.32. The van der Waals surface area contributed by atoms with Crippen LogP contribution < -0.4 is 5.32 Å². The first-order valence-corrected chi connectivity index (χ1v) is 8.41. The molecular weight excluding hydrogens is 292 g/mol. The molecule has 1 aromatic carbocycles. The maximum atomic E-state index is 11.7. The zero-order valence-electron chi connectivity index (χ0n) is 14.6. The summed E-state index contributed by atoms with van der Waals surface area (Å²) in [4.78, 5) is 14.1. The van der Waals surface area contributed by atoms with Gasteiger partial charge in [0.1, 0.15) is 6.61 Å². The Bertz CT molecular complexity index is 448. The summed E-state index contributed by atoms with van der Waals surface area (Å²) in [6.07, 6.45) is 0. The van der Waals surface area contributed by atoms with Crippen LogP contribution in [0.1, 0.15) is 31.9 Å². The van der Waals surface area contributed by atoms with Gasteiger partial charge in [-0.25, -0.2) is 0 Å². The van der Waals surface area contributed by atoms with Crippen LogP contribution in [0.2, 0.25) is 0 Å². The maximum absolute atomic E-state index is 11.7. The maximum Gasteiger partial charge on any atom is 0.246 e. The summed E-state index contributed by atoms with van der Waals surface area (Å²) in [6.45, 7) is 11.5. The Morgan fingerprint density at radius 2 is 1.78 bits per heavy atom. The Hall–Kier alpha value is -1.43. The van der Waals surface area contributed by atoms with Crippen LogP contribution in [0.3, 0.4) is 0 Å². The first-order valence-electron chi connectivity index (χ1n) is 8.41. The minimum absolute atomic E-state index is 0.0756. The van der Waals surface area contributed by atoms with Crippen molar-refractivity contribution in [2.24, 2.45) is 0 Å². The van der Waals surface area contributed by atoms with Crippen molar-refractivity contribution in [3.63, 3.8) is 0 Å². The van der Waals surface area contributed by atoms with E-state index in [4.69, 9.17) is 9.47 Å². The number of rotatable bonds is 12. The molecule has 1 aromatic rings. The first kappa shape index (κ1) is 19.6. The molecule has 130 valence electrons. The van der Waals surface area contributed by atoms with E-state index in [1.165, 1.54) is 5.56 Å². The van der Waals surface area contributed by atoms with Gasteiger partial charge < -0.3 is 14.8 Å². The van der Waals surface area contributed by atoms with E-state index in [9.17, 15) is 4.79 Å². The largest absolute Gasteiger partial charge is 0.379 e. The molecule has 1 amide bonds. The Morgan fingerprint density at radius 1 is 1.09 bits per heavy atom. The molecule has 0 fully saturated rings. The molecule has 0 aliphatic heterocycles. The van der Waals surface area contributed by atoms with Crippen LogP contribution in [-0.4, -0.2) is 50.3 Å². The third kappa shape index (κ3) is 8.69. The van der Waals surface area contributed by atoms with E-state index in [-0.39, 0.29) is 12.5 Å². The second-order valence-corrected chi connectivity index (χ2v) is 5.31. The smallest absolute Gasteiger partial charge is 0.246 e. The molecule has 5 nitrogen and oxygen atoms in total. The van der Waals surface area contributed by atoms with Crippen molar-refractivity contribution in [1.29, 1.82) is 0 Å². The summed E-state index contributed by atoms with van der Waals surface area (Å²) in [5.74, 6) is -0.101. The summed E-state index contributed by atoms with van der Waals surface area (Å²) in [6, 6.07) is 8.34. The number of nitrogens with zero attached hydrogens (tertiary/aromatic N) is 1. The monoisotopic (exact) mass is 322 g/mol. The fourth-order valence-corrected chi connectivity index (χ4v) is 2.22. The van der Waals surface area contributed by atoms with Crippen molar-refractivity contribution < 1.29 is 14.3 Å². The van der Waals surface area contributed by atoms with Gasteiger partial charge in [-0.3, -0.25) is 9.69 Å². The number of ether oxygens (including phenoxy) is 2. The molecule has 0 saturated heterocycles. The molecule has 0 heterocycles. The number of amides is 1. The minimum atomic E-state index is -0.101. The molecule has 0 unspecified atom stereocenters. The standard InChI is InChI=1S/C18H30N2O3/c1-4-20(5-2)14-17-9-7-8-16(12-17)13-19-18(21)15-23-11-10-22-6-3/h7-9,12H,4-6,10-11,13-15H2,1-3H3,(H,19,21). The lowest BCUT2D eigenvalue weighted by Gasteiger charge is -2.18. The van der Waals surface area contributed by atoms with E-state index >= 15 is 0 Å². The third-order valence-electron chi connectivity index (χ3n) is 3.59. The molecular formula is C18H30N2O3. The third-order valence-corrected chi connectivity index (χ3v) is 3.59. The number of nitrogens with one attached hydrogen (secondary N) is 1. The van der Waals surface area contributed by atoms with Crippen LogP contribution >= 0.6 is 0 Å². The van der Waals surface area contributed by atoms with Crippen molar-refractivity contribution in [2.75, 3.05) is 39.5 Å². The second-order valence-electron chi connectivity index (χ2n) is 5.31. The zero-order valence-corrected chi connectivity index (χ0v) is 14.6. The predicted octanol–water partition coefficient (Wildman–Crippen LogP) is 2.20. The SMILES string of the molecule is CCOCCOCC(=O)NCc1cccc(CN(CC)CC)c1. The summed E-state index contributed by atoms with van der Waals surface area (Å²) in [5.41, 5.74) is 2.38. The highest BCUT2D eigenvalue weighted by Gasteiger charge is 2.04. The van der Waals surface area contributed by atoms with Gasteiger partial charge in [0.2, 0.25) is 5.91 Å². The van der Waals surface area contributed by atoms with Gasteiger partial charge >= 0.3 is 0 Å². The van der Waals surface area contributed by atoms with Crippen molar-refractivity contribution in [2.45, 2.75) is 33.9 Å². The number of hydrogen-bond acceptors (Lipinski definition) is 4. The Labute approximate surface area is 140 Å². The molecule has 0 spiro atoms. The lowest BCUT2D eigenvalue weighted by Crippen LogP contribution is -2.28. The average Bonchev–Trinajstić information content (AvgIpc) is 2.58. The highest BCUT2D eigenvalue weighted by Crippen LogP contribution is 2.08. The summed E-state index contributed by atoms with van der Waals surface area (Å²) in [5, 5.41) is 2.88. The van der Waals surface area contributed by atoms with Crippen LogP contribution in [0.15, 0.2) is 24.3 Å². The van der Waals surface area contributed by atoms with Crippen LogP contribution in [0.4, 0.5) is 0 Å². The van der Waals surface area contributed by atoms with Gasteiger partial charge in [-0.05, 0) is 31.1 Å². The lowest BCUT2D eigenvalue weighted by molar-refractivity contribution is -0.126. The number of carbonyl (C=O) groups is 1. The molecule has 0 aliphatic rings. The van der Waals surface area contributed by atoms with E-state index in [0.717, 1.165) is 25.2 Å². The van der Waals surface area contributed by atoms with E-state index in [2.05, 4.69) is 36.2 Å². The van der Waals surface area contributed by atoms with E-state index in [1.807, 2.05) is 19.1 Å². The van der Waals surface area contributed by atoms with Crippen molar-refractivity contribution in [1.82, 2.24) is 10.2 Å². The second kappa shape index (κ2) is 12.0. The van der Waals surface area contributed by atoms with Gasteiger partial charge in [-0.15, -0.1) is 0 Å². The van der Waals surface area contributed by atoms with Gasteiger partial charge in [-0.2, -0.15) is 0 Å². The van der Waals surface area contributed by atoms with Crippen molar-refractivity contribution in [3.05, 3.63) is 35.4 Å². The molecule has 0 radical (unpaired) electrons. The van der Waals surface area contributed by atoms with Crippen LogP contribution in [0.25, 0.3) is 0 Å². The summed E-state index contributed by atoms with van der Waals surface area (Å²) in [7, 11) is 0. The van der Waals surface area contributed by atoms with Crippen molar-refractivity contribution in [3.8, 4) is 0 Å². The van der Waals surface area contributed by atoms with Crippen LogP contribution in [-0.2, 0) is 27.4 Å². The molecule has 1 rings (SSSR count). The fourth-order valence-electron chi connectivity index (χ4n) is 2.22. The zero-order chi connectivity index (χ0) is 16.9. The molecule has 1 N–H and O–H groups in total. The number of carbonyl (C=O) groups excluding carboxylic acids is 1. The minimum Gasteiger partial charge on any atom is -0.379 e. The quantitative estimate of drug-likeness (QED) is 0.599. The van der Waals surface area contributed by atoms with E-state index in [0.29, 0.717) is 26.4 Å². The topological polar surface area (TPSA) is 50.8 Å². The molecule has 0 atom stereocenters. The molecule has 0 saturated carbocycles. The summed E-state index contributed by atoms with van der Waals surface area (Å²) >= 11 is 0.